The molecule has 0 aliphatic rings. The number of nitrogens with two attached hydrogens (primary N) is 1. The van der Waals surface area contributed by atoms with E-state index in [4.69, 9.17) is 10.5 Å². The standard InChI is InChI=1S/C10H10N4O3/c1-6-9(14-17-13-6)5-16-10(15)8-3-2-7(11)4-12-8/h2-4H,5,11H2,1H3. The first-order valence-corrected chi connectivity index (χ1v) is 4.83. The molecule has 0 aliphatic heterocycles. The van der Waals surface area contributed by atoms with E-state index < -0.39 is 5.97 Å². The Morgan fingerprint density at radius 2 is 2.29 bits per heavy atom. The Balaban J connectivity index is 1.98. The van der Waals surface area contributed by atoms with E-state index in [0.29, 0.717) is 17.1 Å². The summed E-state index contributed by atoms with van der Waals surface area (Å²) in [6.45, 7) is 1.71. The topological polar surface area (TPSA) is 104 Å². The van der Waals surface area contributed by atoms with Gasteiger partial charge in [-0.25, -0.2) is 14.4 Å². The first kappa shape index (κ1) is 11.1. The van der Waals surface area contributed by atoms with Crippen molar-refractivity contribution in [3.8, 4) is 0 Å². The Labute approximate surface area is 96.6 Å². The third-order valence-corrected chi connectivity index (χ3v) is 2.08. The van der Waals surface area contributed by atoms with E-state index in [0.717, 1.165) is 0 Å². The van der Waals surface area contributed by atoms with Crippen molar-refractivity contribution in [1.82, 2.24) is 15.3 Å². The first-order valence-electron chi connectivity index (χ1n) is 4.83. The Kier molecular flexibility index (Phi) is 2.99. The number of carbonyl (C=O) groups is 1. The number of pyridine rings is 1. The number of nitrogen functional groups attached to an aromatic ring is 1. The summed E-state index contributed by atoms with van der Waals surface area (Å²) in [7, 11) is 0. The number of hydrogen-bond acceptors (Lipinski definition) is 7. The number of hydrogen-bond donors (Lipinski definition) is 1. The minimum atomic E-state index is -0.549. The molecule has 0 saturated heterocycles. The zero-order valence-corrected chi connectivity index (χ0v) is 9.08. The van der Waals surface area contributed by atoms with E-state index >= 15 is 0 Å². The number of ether oxygens (including phenoxy) is 1. The Morgan fingerprint density at radius 1 is 1.47 bits per heavy atom. The van der Waals surface area contributed by atoms with Crippen molar-refractivity contribution in [3.63, 3.8) is 0 Å². The molecule has 0 aliphatic carbocycles. The van der Waals surface area contributed by atoms with Gasteiger partial charge in [-0.2, -0.15) is 0 Å². The smallest absolute Gasteiger partial charge is 0.357 e. The number of nitrogens with zero attached hydrogens (tertiary/aromatic N) is 3. The number of carbonyl (C=O) groups excluding carboxylic acids is 1. The minimum Gasteiger partial charge on any atom is -0.454 e. The van der Waals surface area contributed by atoms with Crippen molar-refractivity contribution in [1.29, 1.82) is 0 Å². The van der Waals surface area contributed by atoms with Crippen LogP contribution in [0.2, 0.25) is 0 Å². The van der Waals surface area contributed by atoms with Crippen LogP contribution in [-0.2, 0) is 11.3 Å². The van der Waals surface area contributed by atoms with Crippen LogP contribution in [-0.4, -0.2) is 21.3 Å². The second-order valence-corrected chi connectivity index (χ2v) is 3.35. The summed E-state index contributed by atoms with van der Waals surface area (Å²) < 4.78 is 9.46. The average Bonchev–Trinajstić information content (AvgIpc) is 2.73. The van der Waals surface area contributed by atoms with E-state index in [2.05, 4.69) is 19.9 Å². The number of anilines is 1. The highest BCUT2D eigenvalue weighted by Crippen LogP contribution is 2.06. The second-order valence-electron chi connectivity index (χ2n) is 3.35. The zero-order valence-electron chi connectivity index (χ0n) is 9.08. The predicted octanol–water partition coefficient (Wildman–Crippen LogP) is 0.712. The molecule has 2 heterocycles. The molecule has 0 spiro atoms. The second kappa shape index (κ2) is 4.60. The lowest BCUT2D eigenvalue weighted by Gasteiger charge is -2.02. The van der Waals surface area contributed by atoms with Crippen molar-refractivity contribution in [3.05, 3.63) is 35.4 Å². The summed E-state index contributed by atoms with van der Waals surface area (Å²) in [6.07, 6.45) is 1.39. The first-order chi connectivity index (χ1) is 8.16. The summed E-state index contributed by atoms with van der Waals surface area (Å²) in [6, 6.07) is 3.07. The maximum atomic E-state index is 11.6. The molecule has 0 aromatic carbocycles. The molecule has 0 amide bonds. The van der Waals surface area contributed by atoms with Gasteiger partial charge < -0.3 is 10.5 Å². The van der Waals surface area contributed by atoms with E-state index in [-0.39, 0.29) is 12.3 Å². The van der Waals surface area contributed by atoms with Gasteiger partial charge in [0.15, 0.2) is 0 Å². The van der Waals surface area contributed by atoms with Gasteiger partial charge in [0.05, 0.1) is 11.9 Å². The Morgan fingerprint density at radius 3 is 2.88 bits per heavy atom. The fourth-order valence-electron chi connectivity index (χ4n) is 1.11. The highest BCUT2D eigenvalue weighted by Gasteiger charge is 2.11. The van der Waals surface area contributed by atoms with Crippen molar-refractivity contribution >= 4 is 11.7 Å². The van der Waals surface area contributed by atoms with Crippen LogP contribution < -0.4 is 5.73 Å². The highest BCUT2D eigenvalue weighted by molar-refractivity contribution is 5.87. The maximum absolute atomic E-state index is 11.6. The van der Waals surface area contributed by atoms with Crippen LogP contribution in [0.15, 0.2) is 23.0 Å². The summed E-state index contributed by atoms with van der Waals surface area (Å²) in [5.41, 5.74) is 7.19. The monoisotopic (exact) mass is 234 g/mol. The lowest BCUT2D eigenvalue weighted by molar-refractivity contribution is 0.0456. The lowest BCUT2D eigenvalue weighted by atomic mass is 10.3. The van der Waals surface area contributed by atoms with E-state index in [1.807, 2.05) is 0 Å². The van der Waals surface area contributed by atoms with Gasteiger partial charge in [-0.15, -0.1) is 0 Å². The quantitative estimate of drug-likeness (QED) is 0.780. The number of aryl methyl sites for hydroxylation is 1. The Bertz CT molecular complexity index is 521. The molecule has 7 heteroatoms. The van der Waals surface area contributed by atoms with Gasteiger partial charge in [0.1, 0.15) is 23.7 Å². The molecule has 0 saturated carbocycles. The normalized spacial score (nSPS) is 10.2. The number of esters is 1. The van der Waals surface area contributed by atoms with Crippen LogP contribution in [0.5, 0.6) is 0 Å². The molecule has 0 unspecified atom stereocenters. The molecule has 2 aromatic rings. The number of aromatic nitrogens is 3. The number of rotatable bonds is 3. The van der Waals surface area contributed by atoms with Crippen molar-refractivity contribution in [2.75, 3.05) is 5.73 Å². The molecule has 88 valence electrons. The molecule has 0 radical (unpaired) electrons. The molecular weight excluding hydrogens is 224 g/mol. The molecule has 0 bridgehead atoms. The van der Waals surface area contributed by atoms with Crippen LogP contribution in [0.1, 0.15) is 21.9 Å². The molecular formula is C10H10N4O3. The summed E-state index contributed by atoms with van der Waals surface area (Å²) in [5.74, 6) is -0.549. The fourth-order valence-corrected chi connectivity index (χ4v) is 1.11. The van der Waals surface area contributed by atoms with Gasteiger partial charge in [-0.1, -0.05) is 10.3 Å². The average molecular weight is 234 g/mol. The van der Waals surface area contributed by atoms with Crippen LogP contribution in [0, 0.1) is 6.92 Å². The Hall–Kier alpha value is -2.44. The largest absolute Gasteiger partial charge is 0.454 e. The summed E-state index contributed by atoms with van der Waals surface area (Å²) in [4.78, 5) is 15.4. The maximum Gasteiger partial charge on any atom is 0.357 e. The lowest BCUT2D eigenvalue weighted by Crippen LogP contribution is -2.08. The molecule has 0 fully saturated rings. The SMILES string of the molecule is Cc1nonc1COC(=O)c1ccc(N)cn1. The van der Waals surface area contributed by atoms with E-state index in [1.54, 1.807) is 13.0 Å². The van der Waals surface area contributed by atoms with Crippen molar-refractivity contribution in [2.24, 2.45) is 0 Å². The van der Waals surface area contributed by atoms with Crippen LogP contribution in [0.3, 0.4) is 0 Å². The van der Waals surface area contributed by atoms with E-state index in [1.165, 1.54) is 12.3 Å². The van der Waals surface area contributed by atoms with Crippen LogP contribution >= 0.6 is 0 Å². The molecule has 2 aromatic heterocycles. The highest BCUT2D eigenvalue weighted by atomic mass is 16.6. The van der Waals surface area contributed by atoms with Gasteiger partial charge in [0.25, 0.3) is 0 Å². The van der Waals surface area contributed by atoms with E-state index in [9.17, 15) is 4.79 Å². The van der Waals surface area contributed by atoms with Gasteiger partial charge in [-0.05, 0) is 19.1 Å². The van der Waals surface area contributed by atoms with Crippen LogP contribution in [0.25, 0.3) is 0 Å². The van der Waals surface area contributed by atoms with Crippen molar-refractivity contribution < 1.29 is 14.2 Å². The molecule has 0 atom stereocenters. The van der Waals surface area contributed by atoms with Gasteiger partial charge in [-0.3, -0.25) is 0 Å². The summed E-state index contributed by atoms with van der Waals surface area (Å²) >= 11 is 0. The zero-order chi connectivity index (χ0) is 12.3. The van der Waals surface area contributed by atoms with Gasteiger partial charge >= 0.3 is 5.97 Å². The molecule has 7 nitrogen and oxygen atoms in total. The third kappa shape index (κ3) is 2.57. The molecule has 2 N–H and O–H groups in total. The summed E-state index contributed by atoms with van der Waals surface area (Å²) in [5, 5.41) is 7.16. The van der Waals surface area contributed by atoms with Crippen molar-refractivity contribution in [2.45, 2.75) is 13.5 Å². The fraction of sp³-hybridized carbons (Fsp3) is 0.200. The predicted molar refractivity (Wildman–Crippen MR) is 56.8 cm³/mol. The van der Waals surface area contributed by atoms with Gasteiger partial charge in [0.2, 0.25) is 0 Å². The van der Waals surface area contributed by atoms with Gasteiger partial charge in [0, 0.05) is 0 Å². The molecule has 17 heavy (non-hydrogen) atoms. The molecule has 2 rings (SSSR count). The van der Waals surface area contributed by atoms with Crippen LogP contribution in [0.4, 0.5) is 5.69 Å². The third-order valence-electron chi connectivity index (χ3n) is 2.08. The minimum absolute atomic E-state index is 0.000221.